The van der Waals surface area contributed by atoms with Crippen LogP contribution in [0.3, 0.4) is 0 Å². The zero-order chi connectivity index (χ0) is 40.1. The van der Waals surface area contributed by atoms with Gasteiger partial charge < -0.3 is 23.7 Å². The van der Waals surface area contributed by atoms with Gasteiger partial charge in [0, 0.05) is 49.3 Å². The van der Waals surface area contributed by atoms with Crippen molar-refractivity contribution in [3.05, 3.63) is 70.0 Å². The number of carbonyl (C=O) groups is 2. The Morgan fingerprint density at radius 2 is 1.80 bits per heavy atom. The third-order valence-electron chi connectivity index (χ3n) is 11.0. The molecule has 0 bridgehead atoms. The minimum atomic E-state index is -4.95. The first-order valence-corrected chi connectivity index (χ1v) is 20.3. The predicted octanol–water partition coefficient (Wildman–Crippen LogP) is 6.63. The van der Waals surface area contributed by atoms with Crippen LogP contribution in [0.4, 0.5) is 13.2 Å². The molecule has 3 aliphatic rings. The lowest BCUT2D eigenvalue weighted by Gasteiger charge is -2.33. The fraction of sp³-hybridized carbons (Fsp3) is 0.475. The van der Waals surface area contributed by atoms with E-state index in [0.29, 0.717) is 22.4 Å². The smallest absolute Gasteiger partial charge is 0.435 e. The van der Waals surface area contributed by atoms with Gasteiger partial charge >= 0.3 is 6.18 Å². The molecule has 1 saturated heterocycles. The van der Waals surface area contributed by atoms with Crippen molar-refractivity contribution in [2.24, 2.45) is 7.05 Å². The third kappa shape index (κ3) is 7.34. The highest BCUT2D eigenvalue weighted by molar-refractivity contribution is 7.90. The number of nitrogens with zero attached hydrogens (tertiary/aromatic N) is 4. The van der Waals surface area contributed by atoms with Crippen molar-refractivity contribution >= 4 is 44.4 Å². The summed E-state index contributed by atoms with van der Waals surface area (Å²) in [6, 6.07) is 10.7. The molecule has 300 valence electrons. The van der Waals surface area contributed by atoms with Crippen molar-refractivity contribution in [3.8, 4) is 17.0 Å². The zero-order valence-electron chi connectivity index (χ0n) is 32.0. The molecule has 1 unspecified atom stereocenters. The normalized spacial score (nSPS) is 18.1. The van der Waals surface area contributed by atoms with Crippen molar-refractivity contribution in [3.63, 3.8) is 0 Å². The van der Waals surface area contributed by atoms with Gasteiger partial charge in [0.25, 0.3) is 11.8 Å². The highest BCUT2D eigenvalue weighted by Crippen LogP contribution is 2.48. The number of sulfonamides is 1. The van der Waals surface area contributed by atoms with Crippen LogP contribution < -0.4 is 9.46 Å². The average Bonchev–Trinajstić information content (AvgIpc) is 3.63. The highest BCUT2D eigenvalue weighted by Gasteiger charge is 2.44. The van der Waals surface area contributed by atoms with E-state index in [1.54, 1.807) is 18.2 Å². The number of benzene rings is 2. The Hall–Kier alpha value is -4.67. The lowest BCUT2D eigenvalue weighted by molar-refractivity contribution is -0.141. The van der Waals surface area contributed by atoms with Gasteiger partial charge in [0.2, 0.25) is 10.0 Å². The number of carbonyl (C=O) groups excluding carboxylic acids is 2. The number of alkyl halides is 3. The van der Waals surface area contributed by atoms with E-state index < -0.39 is 50.6 Å². The molecule has 0 spiro atoms. The van der Waals surface area contributed by atoms with Crippen LogP contribution in [0, 0.1) is 0 Å². The number of amides is 2. The second-order valence-electron chi connectivity index (χ2n) is 15.0. The minimum Gasteiger partial charge on any atom is -0.497 e. The van der Waals surface area contributed by atoms with E-state index in [-0.39, 0.29) is 50.0 Å². The average molecular weight is 798 g/mol. The summed E-state index contributed by atoms with van der Waals surface area (Å²) >= 11 is 0. The van der Waals surface area contributed by atoms with E-state index >= 15 is 0 Å². The van der Waals surface area contributed by atoms with Crippen molar-refractivity contribution in [1.82, 2.24) is 24.0 Å². The predicted molar refractivity (Wildman–Crippen MR) is 205 cm³/mol. The number of allylic oxidation sites excluding steroid dienone is 1. The number of halogens is 3. The highest BCUT2D eigenvalue weighted by atomic mass is 32.2. The number of hydrogen-bond donors (Lipinski definition) is 1. The molecule has 2 aromatic heterocycles. The summed E-state index contributed by atoms with van der Waals surface area (Å²) in [5.74, 6) is -0.946. The third-order valence-corrected chi connectivity index (χ3v) is 12.7. The fourth-order valence-electron chi connectivity index (χ4n) is 8.27. The molecule has 7 rings (SSSR count). The molecule has 2 aromatic carbocycles. The molecule has 1 aliphatic carbocycles. The molecule has 2 amide bonds. The maximum atomic E-state index is 14.9. The number of rotatable bonds is 9. The second-order valence-corrected chi connectivity index (χ2v) is 17.2. The first-order valence-electron chi connectivity index (χ1n) is 18.8. The topological polar surface area (TPSA) is 134 Å². The van der Waals surface area contributed by atoms with Gasteiger partial charge in [0.05, 0.1) is 55.2 Å². The number of methoxy groups -OCH3 is 2. The Bertz CT molecular complexity index is 2320. The molecule has 16 heteroatoms. The largest absolute Gasteiger partial charge is 0.497 e. The Morgan fingerprint density at radius 3 is 2.48 bits per heavy atom. The van der Waals surface area contributed by atoms with Crippen molar-refractivity contribution in [2.75, 3.05) is 40.5 Å². The van der Waals surface area contributed by atoms with Crippen LogP contribution in [0.5, 0.6) is 5.75 Å². The molecule has 1 N–H and O–H groups in total. The number of aromatic nitrogens is 3. The number of fused-ring (bicyclic) bond motifs is 5. The van der Waals surface area contributed by atoms with E-state index in [0.717, 1.165) is 59.0 Å². The zero-order valence-corrected chi connectivity index (χ0v) is 32.8. The van der Waals surface area contributed by atoms with Crippen LogP contribution in [0.25, 0.3) is 33.8 Å². The second kappa shape index (κ2) is 15.3. The molecule has 0 radical (unpaired) electrons. The Labute approximate surface area is 323 Å². The molecule has 1 saturated carbocycles. The van der Waals surface area contributed by atoms with Crippen molar-refractivity contribution < 1.29 is 45.4 Å². The van der Waals surface area contributed by atoms with Crippen molar-refractivity contribution in [1.29, 1.82) is 0 Å². The van der Waals surface area contributed by atoms with E-state index in [2.05, 4.69) is 9.82 Å². The molecule has 4 heterocycles. The Morgan fingerprint density at radius 1 is 1.05 bits per heavy atom. The summed E-state index contributed by atoms with van der Waals surface area (Å²) in [5.41, 5.74) is 2.57. The SMILES string of the molecule is COCC1CN(C(=O)c2c(C(F)(F)F)nn(C)c2C2=Cc3cc(OC)ccc3-c3c(C4CCCCC4)c4ccc(C(=O)NS(=O)(=O)C(C)C)cc4n3C2)CCO1. The standard InChI is InChI=1S/C40H46F3N5O7S/c1-23(2)56(51,52)45-38(49)25-11-13-31-32(19-25)48-20-27(17-26-18-28(54-5)12-14-30(26)36(48)33(31)24-9-7-6-8-10-24)35-34(37(40(41,42)43)44-46(35)3)39(50)47-15-16-55-29(21-47)22-53-4/h11-14,17-19,23-24,29H,6-10,15-16,20-22H2,1-5H3,(H,45,49). The van der Waals surface area contributed by atoms with Gasteiger partial charge in [0.15, 0.2) is 5.69 Å². The number of morpholine rings is 1. The van der Waals surface area contributed by atoms with Gasteiger partial charge in [-0.15, -0.1) is 0 Å². The summed E-state index contributed by atoms with van der Waals surface area (Å²) < 4.78 is 91.9. The van der Waals surface area contributed by atoms with Crippen molar-refractivity contribution in [2.45, 2.75) is 75.9 Å². The first kappa shape index (κ1) is 39.6. The molecule has 4 aromatic rings. The van der Waals surface area contributed by atoms with E-state index in [1.165, 1.54) is 40.0 Å². The number of nitrogens with one attached hydrogen (secondary N) is 1. The van der Waals surface area contributed by atoms with Gasteiger partial charge in [-0.2, -0.15) is 18.3 Å². The van der Waals surface area contributed by atoms with Crippen LogP contribution in [0.2, 0.25) is 0 Å². The van der Waals surface area contributed by atoms with Gasteiger partial charge in [0.1, 0.15) is 5.75 Å². The van der Waals surface area contributed by atoms with Gasteiger partial charge in [-0.3, -0.25) is 14.3 Å². The lowest BCUT2D eigenvalue weighted by Crippen LogP contribution is -2.47. The van der Waals surface area contributed by atoms with Crippen LogP contribution in [-0.2, 0) is 39.3 Å². The summed E-state index contributed by atoms with van der Waals surface area (Å²) in [5, 5.41) is 3.94. The monoisotopic (exact) mass is 797 g/mol. The fourth-order valence-corrected chi connectivity index (χ4v) is 8.89. The van der Waals surface area contributed by atoms with Crippen LogP contribution >= 0.6 is 0 Å². The molecule has 2 aliphatic heterocycles. The summed E-state index contributed by atoms with van der Waals surface area (Å²) in [6.07, 6.45) is 1.31. The maximum Gasteiger partial charge on any atom is 0.435 e. The molecule has 1 atom stereocenters. The van der Waals surface area contributed by atoms with Crippen LogP contribution in [-0.4, -0.2) is 91.4 Å². The van der Waals surface area contributed by atoms with Gasteiger partial charge in [-0.05, 0) is 85.7 Å². The van der Waals surface area contributed by atoms with Crippen LogP contribution in [0.15, 0.2) is 36.4 Å². The molecule has 56 heavy (non-hydrogen) atoms. The molecule has 12 nitrogen and oxygen atoms in total. The maximum absolute atomic E-state index is 14.9. The first-order chi connectivity index (χ1) is 26.6. The van der Waals surface area contributed by atoms with Crippen LogP contribution in [0.1, 0.15) is 95.1 Å². The summed E-state index contributed by atoms with van der Waals surface area (Å²) in [6.45, 7) is 3.35. The molecular weight excluding hydrogens is 752 g/mol. The number of hydrogen-bond acceptors (Lipinski definition) is 8. The van der Waals surface area contributed by atoms with E-state index in [1.807, 2.05) is 28.8 Å². The summed E-state index contributed by atoms with van der Waals surface area (Å²) in [4.78, 5) is 29.2. The number of ether oxygens (including phenoxy) is 3. The van der Waals surface area contributed by atoms with Gasteiger partial charge in [-0.25, -0.2) is 13.1 Å². The lowest BCUT2D eigenvalue weighted by atomic mass is 9.81. The Kier molecular flexibility index (Phi) is 10.8. The molecule has 2 fully saturated rings. The van der Waals surface area contributed by atoms with Gasteiger partial charge in [-0.1, -0.05) is 25.3 Å². The number of aryl methyl sites for hydroxylation is 1. The van der Waals surface area contributed by atoms with E-state index in [9.17, 15) is 31.2 Å². The van der Waals surface area contributed by atoms with E-state index in [4.69, 9.17) is 14.2 Å². The quantitative estimate of drug-likeness (QED) is 0.200. The minimum absolute atomic E-state index is 0.00254. The Balaban J connectivity index is 1.47. The molecular formula is C40H46F3N5O7S. The summed E-state index contributed by atoms with van der Waals surface area (Å²) in [7, 11) is 0.465.